The van der Waals surface area contributed by atoms with Crippen LogP contribution in [0.5, 0.6) is 0 Å². The lowest BCUT2D eigenvalue weighted by Gasteiger charge is -2.09. The summed E-state index contributed by atoms with van der Waals surface area (Å²) in [6.07, 6.45) is 5.07. The van der Waals surface area contributed by atoms with Gasteiger partial charge in [0.25, 0.3) is 0 Å². The minimum absolute atomic E-state index is 0.135. The van der Waals surface area contributed by atoms with Gasteiger partial charge in [0.05, 0.1) is 0 Å². The van der Waals surface area contributed by atoms with Crippen LogP contribution in [0.1, 0.15) is 22.8 Å². The van der Waals surface area contributed by atoms with E-state index in [1.54, 1.807) is 6.92 Å². The lowest BCUT2D eigenvalue weighted by molar-refractivity contribution is 0.101. The molecule has 0 amide bonds. The number of fused-ring (bicyclic) bond motifs is 1. The van der Waals surface area contributed by atoms with E-state index < -0.39 is 0 Å². The molecule has 0 spiro atoms. The first-order valence-corrected chi connectivity index (χ1v) is 7.01. The Kier molecular flexibility index (Phi) is 3.00. The van der Waals surface area contributed by atoms with Gasteiger partial charge in [-0.3, -0.25) is 4.79 Å². The molecule has 1 aliphatic rings. The van der Waals surface area contributed by atoms with E-state index >= 15 is 0 Å². The van der Waals surface area contributed by atoms with Gasteiger partial charge in [0, 0.05) is 34.6 Å². The molecule has 0 bridgehead atoms. The molecule has 0 aliphatic carbocycles. The van der Waals surface area contributed by atoms with Crippen LogP contribution in [0.2, 0.25) is 0 Å². The van der Waals surface area contributed by atoms with Crippen molar-refractivity contribution in [2.24, 2.45) is 0 Å². The maximum absolute atomic E-state index is 11.3. The van der Waals surface area contributed by atoms with Crippen LogP contribution in [0.25, 0.3) is 0 Å². The van der Waals surface area contributed by atoms with Gasteiger partial charge < -0.3 is 4.57 Å². The first kappa shape index (κ1) is 11.6. The van der Waals surface area contributed by atoms with Crippen LogP contribution in [0, 0.1) is 0 Å². The van der Waals surface area contributed by atoms with Crippen molar-refractivity contribution in [2.75, 3.05) is 0 Å². The van der Waals surface area contributed by atoms with Crippen LogP contribution in [-0.4, -0.2) is 15.6 Å². The van der Waals surface area contributed by atoms with Crippen molar-refractivity contribution >= 4 is 17.5 Å². The van der Waals surface area contributed by atoms with Crippen molar-refractivity contribution in [1.29, 1.82) is 0 Å². The van der Waals surface area contributed by atoms with E-state index in [1.165, 1.54) is 10.5 Å². The summed E-state index contributed by atoms with van der Waals surface area (Å²) in [4.78, 5) is 12.7. The monoisotopic (exact) mass is 257 g/mol. The van der Waals surface area contributed by atoms with Crippen LogP contribution in [-0.2, 0) is 13.0 Å². The average molecular weight is 257 g/mol. The smallest absolute Gasteiger partial charge is 0.161 e. The van der Waals surface area contributed by atoms with Gasteiger partial charge in [-0.15, -0.1) is 11.8 Å². The zero-order valence-corrected chi connectivity index (χ0v) is 11.1. The van der Waals surface area contributed by atoms with Crippen molar-refractivity contribution in [3.63, 3.8) is 0 Å². The minimum Gasteiger partial charge on any atom is -0.352 e. The molecule has 0 saturated carbocycles. The van der Waals surface area contributed by atoms with Gasteiger partial charge in [0.2, 0.25) is 0 Å². The summed E-state index contributed by atoms with van der Waals surface area (Å²) in [5.74, 6) is 0.135. The predicted octanol–water partition coefficient (Wildman–Crippen LogP) is 3.41. The molecule has 1 aromatic heterocycles. The summed E-state index contributed by atoms with van der Waals surface area (Å²) in [5, 5.41) is 0.578. The highest BCUT2D eigenvalue weighted by atomic mass is 32.2. The number of Topliss-reactive ketones (excluding diaryl/α,β-unsaturated/α-hetero) is 1. The predicted molar refractivity (Wildman–Crippen MR) is 74.2 cm³/mol. The molecule has 1 unspecified atom stereocenters. The van der Waals surface area contributed by atoms with Crippen LogP contribution in [0.15, 0.2) is 47.6 Å². The zero-order chi connectivity index (χ0) is 12.5. The SMILES string of the molecule is CC(=O)c1ccn(CC2Cc3ccccc3S2)c1. The van der Waals surface area contributed by atoms with Crippen LogP contribution in [0.3, 0.4) is 0 Å². The zero-order valence-electron chi connectivity index (χ0n) is 10.3. The van der Waals surface area contributed by atoms with Gasteiger partial charge in [-0.25, -0.2) is 0 Å². The number of nitrogens with zero attached hydrogens (tertiary/aromatic N) is 1. The van der Waals surface area contributed by atoms with Gasteiger partial charge >= 0.3 is 0 Å². The molecule has 1 aliphatic heterocycles. The van der Waals surface area contributed by atoms with Crippen LogP contribution in [0.4, 0.5) is 0 Å². The number of rotatable bonds is 3. The Morgan fingerprint density at radius 3 is 2.94 bits per heavy atom. The lowest BCUT2D eigenvalue weighted by Crippen LogP contribution is -2.10. The van der Waals surface area contributed by atoms with E-state index in [0.29, 0.717) is 5.25 Å². The Labute approximate surface area is 111 Å². The molecule has 3 rings (SSSR count). The van der Waals surface area contributed by atoms with Gasteiger partial charge in [0.1, 0.15) is 0 Å². The second-order valence-corrected chi connectivity index (χ2v) is 6.05. The second kappa shape index (κ2) is 4.65. The van der Waals surface area contributed by atoms with Crippen molar-refractivity contribution in [3.8, 4) is 0 Å². The third kappa shape index (κ3) is 2.23. The molecule has 1 atom stereocenters. The van der Waals surface area contributed by atoms with Gasteiger partial charge in [0.15, 0.2) is 5.78 Å². The number of hydrogen-bond donors (Lipinski definition) is 0. The standard InChI is InChI=1S/C15H15NOS/c1-11(17)13-6-7-16(9-13)10-14-8-12-4-2-3-5-15(12)18-14/h2-7,9,14H,8,10H2,1H3. The number of ketones is 1. The van der Waals surface area contributed by atoms with Crippen molar-refractivity contribution in [1.82, 2.24) is 4.57 Å². The highest BCUT2D eigenvalue weighted by Gasteiger charge is 2.21. The summed E-state index contributed by atoms with van der Waals surface area (Å²) in [6, 6.07) is 10.5. The number of aromatic nitrogens is 1. The highest BCUT2D eigenvalue weighted by Crippen LogP contribution is 2.37. The van der Waals surface area contributed by atoms with Crippen molar-refractivity contribution < 1.29 is 4.79 Å². The average Bonchev–Trinajstić information content (AvgIpc) is 2.94. The Morgan fingerprint density at radius 2 is 2.22 bits per heavy atom. The van der Waals surface area contributed by atoms with Crippen LogP contribution < -0.4 is 0 Å². The van der Waals surface area contributed by atoms with Crippen LogP contribution >= 0.6 is 11.8 Å². The summed E-state index contributed by atoms with van der Waals surface area (Å²) in [5.41, 5.74) is 2.25. The molecule has 0 fully saturated rings. The molecule has 18 heavy (non-hydrogen) atoms. The minimum atomic E-state index is 0.135. The first-order valence-electron chi connectivity index (χ1n) is 6.13. The van der Waals surface area contributed by atoms with E-state index in [0.717, 1.165) is 18.5 Å². The van der Waals surface area contributed by atoms with E-state index in [2.05, 4.69) is 28.8 Å². The summed E-state index contributed by atoms with van der Waals surface area (Å²) < 4.78 is 2.13. The number of hydrogen-bond acceptors (Lipinski definition) is 2. The van der Waals surface area contributed by atoms with Gasteiger partial charge in [-0.2, -0.15) is 0 Å². The first-order chi connectivity index (χ1) is 8.72. The summed E-state index contributed by atoms with van der Waals surface area (Å²) >= 11 is 1.94. The summed E-state index contributed by atoms with van der Waals surface area (Å²) in [7, 11) is 0. The van der Waals surface area contributed by atoms with E-state index in [9.17, 15) is 4.79 Å². The Balaban J connectivity index is 1.70. The fraction of sp³-hybridized carbons (Fsp3) is 0.267. The molecule has 2 heterocycles. The Morgan fingerprint density at radius 1 is 1.39 bits per heavy atom. The molecule has 1 aromatic carbocycles. The molecule has 2 nitrogen and oxygen atoms in total. The Hall–Kier alpha value is -1.48. The molecular weight excluding hydrogens is 242 g/mol. The van der Waals surface area contributed by atoms with E-state index in [1.807, 2.05) is 30.2 Å². The van der Waals surface area contributed by atoms with Crippen molar-refractivity contribution in [3.05, 3.63) is 53.9 Å². The molecule has 2 aromatic rings. The quantitative estimate of drug-likeness (QED) is 0.786. The lowest BCUT2D eigenvalue weighted by atomic mass is 10.1. The fourth-order valence-corrected chi connectivity index (χ4v) is 3.68. The number of benzene rings is 1. The third-order valence-corrected chi connectivity index (χ3v) is 4.59. The second-order valence-electron chi connectivity index (χ2n) is 4.70. The number of thioether (sulfide) groups is 1. The third-order valence-electron chi connectivity index (χ3n) is 3.29. The molecular formula is C15H15NOS. The molecule has 3 heteroatoms. The topological polar surface area (TPSA) is 22.0 Å². The fourth-order valence-electron chi connectivity index (χ4n) is 2.35. The normalized spacial score (nSPS) is 17.7. The number of carbonyl (C=O) groups is 1. The number of carbonyl (C=O) groups excluding carboxylic acids is 1. The molecule has 0 saturated heterocycles. The van der Waals surface area contributed by atoms with Gasteiger partial charge in [-0.1, -0.05) is 18.2 Å². The van der Waals surface area contributed by atoms with E-state index in [4.69, 9.17) is 0 Å². The highest BCUT2D eigenvalue weighted by molar-refractivity contribution is 8.00. The molecule has 0 N–H and O–H groups in total. The van der Waals surface area contributed by atoms with E-state index in [-0.39, 0.29) is 5.78 Å². The summed E-state index contributed by atoms with van der Waals surface area (Å²) in [6.45, 7) is 2.58. The Bertz CT molecular complexity index is 563. The molecule has 0 radical (unpaired) electrons. The largest absolute Gasteiger partial charge is 0.352 e. The maximum atomic E-state index is 11.3. The molecule has 92 valence electrons. The van der Waals surface area contributed by atoms with Gasteiger partial charge in [-0.05, 0) is 31.0 Å². The maximum Gasteiger partial charge on any atom is 0.161 e. The van der Waals surface area contributed by atoms with Crippen molar-refractivity contribution in [2.45, 2.75) is 30.0 Å².